The van der Waals surface area contributed by atoms with Crippen molar-refractivity contribution in [2.75, 3.05) is 32.8 Å². The van der Waals surface area contributed by atoms with E-state index < -0.39 is 0 Å². The van der Waals surface area contributed by atoms with Gasteiger partial charge in [0, 0.05) is 44.9 Å². The number of nitro benzene ring substituents is 1. The summed E-state index contributed by atoms with van der Waals surface area (Å²) in [6.45, 7) is 7.36. The van der Waals surface area contributed by atoms with Crippen LogP contribution in [0.25, 0.3) is 0 Å². The zero-order valence-corrected chi connectivity index (χ0v) is 16.3. The molecule has 2 aromatic carbocycles. The summed E-state index contributed by atoms with van der Waals surface area (Å²) in [7, 11) is 0. The monoisotopic (exact) mass is 383 g/mol. The van der Waals surface area contributed by atoms with E-state index in [9.17, 15) is 14.9 Å². The van der Waals surface area contributed by atoms with Crippen molar-refractivity contribution >= 4 is 11.6 Å². The molecule has 0 aliphatic carbocycles. The lowest BCUT2D eigenvalue weighted by Crippen LogP contribution is -2.49. The first-order valence-electron chi connectivity index (χ1n) is 9.36. The van der Waals surface area contributed by atoms with Crippen LogP contribution < -0.4 is 4.74 Å². The molecule has 0 unspecified atom stereocenters. The minimum Gasteiger partial charge on any atom is -0.483 e. The number of non-ortho nitro benzene ring substituents is 1. The van der Waals surface area contributed by atoms with Crippen LogP contribution >= 0.6 is 0 Å². The summed E-state index contributed by atoms with van der Waals surface area (Å²) in [5, 5.41) is 10.9. The third kappa shape index (κ3) is 5.07. The molecule has 1 saturated heterocycles. The second-order valence-corrected chi connectivity index (χ2v) is 7.14. The Hall–Kier alpha value is -2.93. The molecule has 0 bridgehead atoms. The molecule has 1 aliphatic rings. The van der Waals surface area contributed by atoms with Gasteiger partial charge in [0.15, 0.2) is 6.61 Å². The molecule has 0 atom stereocenters. The van der Waals surface area contributed by atoms with Crippen molar-refractivity contribution in [3.63, 3.8) is 0 Å². The Kier molecular flexibility index (Phi) is 6.26. The zero-order chi connectivity index (χ0) is 20.1. The lowest BCUT2D eigenvalue weighted by atomic mass is 10.1. The smallest absolute Gasteiger partial charge is 0.269 e. The Morgan fingerprint density at radius 2 is 1.86 bits per heavy atom. The number of ether oxygens (including phenoxy) is 1. The zero-order valence-electron chi connectivity index (χ0n) is 16.3. The number of nitro groups is 1. The van der Waals surface area contributed by atoms with Gasteiger partial charge >= 0.3 is 0 Å². The first-order chi connectivity index (χ1) is 13.4. The maximum atomic E-state index is 12.5. The van der Waals surface area contributed by atoms with E-state index in [1.165, 1.54) is 6.07 Å². The van der Waals surface area contributed by atoms with Gasteiger partial charge in [0.1, 0.15) is 5.75 Å². The molecule has 1 amide bonds. The van der Waals surface area contributed by atoms with Crippen molar-refractivity contribution in [3.8, 4) is 5.75 Å². The molecule has 1 fully saturated rings. The molecule has 0 aromatic heterocycles. The molecule has 0 spiro atoms. The average Bonchev–Trinajstić information content (AvgIpc) is 2.69. The minimum absolute atomic E-state index is 0.0177. The van der Waals surface area contributed by atoms with E-state index in [0.29, 0.717) is 19.6 Å². The summed E-state index contributed by atoms with van der Waals surface area (Å²) in [6, 6.07) is 12.7. The van der Waals surface area contributed by atoms with Crippen LogP contribution in [0.1, 0.15) is 16.7 Å². The van der Waals surface area contributed by atoms with Gasteiger partial charge in [0.25, 0.3) is 11.6 Å². The highest BCUT2D eigenvalue weighted by atomic mass is 16.6. The largest absolute Gasteiger partial charge is 0.483 e. The normalized spacial score (nSPS) is 14.7. The molecule has 0 saturated carbocycles. The molecule has 2 aromatic rings. The lowest BCUT2D eigenvalue weighted by Gasteiger charge is -2.34. The van der Waals surface area contributed by atoms with Gasteiger partial charge in [-0.25, -0.2) is 0 Å². The molecule has 0 N–H and O–H groups in total. The third-order valence-electron chi connectivity index (χ3n) is 4.95. The molecule has 1 heterocycles. The number of nitrogens with zero attached hydrogens (tertiary/aromatic N) is 3. The molecule has 0 radical (unpaired) electrons. The van der Waals surface area contributed by atoms with Crippen molar-refractivity contribution in [3.05, 3.63) is 69.3 Å². The highest BCUT2D eigenvalue weighted by Crippen LogP contribution is 2.19. The van der Waals surface area contributed by atoms with Gasteiger partial charge in [-0.05, 0) is 36.6 Å². The molecule has 148 valence electrons. The second kappa shape index (κ2) is 8.84. The first kappa shape index (κ1) is 19.8. The van der Waals surface area contributed by atoms with Crippen LogP contribution in [0.4, 0.5) is 5.69 Å². The molecule has 28 heavy (non-hydrogen) atoms. The Morgan fingerprint density at radius 1 is 1.11 bits per heavy atom. The van der Waals surface area contributed by atoms with E-state index in [2.05, 4.69) is 4.90 Å². The van der Waals surface area contributed by atoms with Gasteiger partial charge in [-0.1, -0.05) is 24.3 Å². The molecular weight excluding hydrogens is 358 g/mol. The van der Waals surface area contributed by atoms with Gasteiger partial charge in [-0.3, -0.25) is 19.8 Å². The van der Waals surface area contributed by atoms with E-state index in [0.717, 1.165) is 35.5 Å². The van der Waals surface area contributed by atoms with Crippen molar-refractivity contribution < 1.29 is 14.5 Å². The number of rotatable bonds is 6. The molecule has 7 nitrogen and oxygen atoms in total. The van der Waals surface area contributed by atoms with Crippen LogP contribution in [-0.2, 0) is 11.3 Å². The third-order valence-corrected chi connectivity index (χ3v) is 4.95. The predicted octanol–water partition coefficient (Wildman–Crippen LogP) is 2.93. The summed E-state index contributed by atoms with van der Waals surface area (Å²) in [6.07, 6.45) is 0. The van der Waals surface area contributed by atoms with Gasteiger partial charge in [0.2, 0.25) is 0 Å². The number of hydrogen-bond acceptors (Lipinski definition) is 5. The Morgan fingerprint density at radius 3 is 2.57 bits per heavy atom. The van der Waals surface area contributed by atoms with Gasteiger partial charge in [0.05, 0.1) is 4.92 Å². The number of carbonyl (C=O) groups excluding carboxylic acids is 1. The summed E-state index contributed by atoms with van der Waals surface area (Å²) >= 11 is 0. The number of benzene rings is 2. The Labute approximate surface area is 164 Å². The summed E-state index contributed by atoms with van der Waals surface area (Å²) in [5.41, 5.74) is 3.13. The number of carbonyl (C=O) groups is 1. The Bertz CT molecular complexity index is 860. The maximum absolute atomic E-state index is 12.5. The highest BCUT2D eigenvalue weighted by Gasteiger charge is 2.22. The van der Waals surface area contributed by atoms with Crippen LogP contribution in [0.15, 0.2) is 42.5 Å². The maximum Gasteiger partial charge on any atom is 0.269 e. The summed E-state index contributed by atoms with van der Waals surface area (Å²) in [4.78, 5) is 27.0. The van der Waals surface area contributed by atoms with Crippen LogP contribution in [0.2, 0.25) is 0 Å². The fourth-order valence-corrected chi connectivity index (χ4v) is 3.28. The Balaban J connectivity index is 1.48. The minimum atomic E-state index is -0.379. The molecule has 1 aliphatic heterocycles. The SMILES string of the molecule is Cc1ccc(C)c(OCC(=O)N2CCN(Cc3cccc([N+](=O)[O-])c3)CC2)c1. The summed E-state index contributed by atoms with van der Waals surface area (Å²) in [5.74, 6) is 0.730. The molecule has 3 rings (SSSR count). The van der Waals surface area contributed by atoms with E-state index in [-0.39, 0.29) is 23.1 Å². The lowest BCUT2D eigenvalue weighted by molar-refractivity contribution is -0.384. The van der Waals surface area contributed by atoms with Gasteiger partial charge in [-0.2, -0.15) is 0 Å². The van der Waals surface area contributed by atoms with Crippen LogP contribution in [0.3, 0.4) is 0 Å². The number of piperazine rings is 1. The first-order valence-corrected chi connectivity index (χ1v) is 9.36. The standard InChI is InChI=1S/C21H25N3O4/c1-16-6-7-17(2)20(12-16)28-15-21(25)23-10-8-22(9-11-23)14-18-4-3-5-19(13-18)24(26)27/h3-7,12-13H,8-11,14-15H2,1-2H3. The van der Waals surface area contributed by atoms with E-state index in [4.69, 9.17) is 4.74 Å². The number of aryl methyl sites for hydroxylation is 2. The fourth-order valence-electron chi connectivity index (χ4n) is 3.28. The van der Waals surface area contributed by atoms with E-state index in [1.54, 1.807) is 12.1 Å². The van der Waals surface area contributed by atoms with Crippen molar-refractivity contribution in [1.29, 1.82) is 0 Å². The van der Waals surface area contributed by atoms with Crippen molar-refractivity contribution in [2.45, 2.75) is 20.4 Å². The van der Waals surface area contributed by atoms with Crippen LogP contribution in [-0.4, -0.2) is 53.4 Å². The number of amides is 1. The highest BCUT2D eigenvalue weighted by molar-refractivity contribution is 5.78. The number of hydrogen-bond donors (Lipinski definition) is 0. The van der Waals surface area contributed by atoms with Crippen molar-refractivity contribution in [1.82, 2.24) is 9.80 Å². The summed E-state index contributed by atoms with van der Waals surface area (Å²) < 4.78 is 5.72. The van der Waals surface area contributed by atoms with E-state index in [1.807, 2.05) is 43.0 Å². The second-order valence-electron chi connectivity index (χ2n) is 7.14. The fraction of sp³-hybridized carbons (Fsp3) is 0.381. The average molecular weight is 383 g/mol. The van der Waals surface area contributed by atoms with Gasteiger partial charge in [-0.15, -0.1) is 0 Å². The molecule has 7 heteroatoms. The van der Waals surface area contributed by atoms with Crippen LogP contribution in [0.5, 0.6) is 5.75 Å². The predicted molar refractivity (Wildman–Crippen MR) is 106 cm³/mol. The van der Waals surface area contributed by atoms with Crippen molar-refractivity contribution in [2.24, 2.45) is 0 Å². The van der Waals surface area contributed by atoms with Crippen LogP contribution in [0, 0.1) is 24.0 Å². The van der Waals surface area contributed by atoms with E-state index >= 15 is 0 Å². The topological polar surface area (TPSA) is 75.9 Å². The van der Waals surface area contributed by atoms with Gasteiger partial charge < -0.3 is 9.64 Å². The quantitative estimate of drug-likeness (QED) is 0.566. The molecular formula is C21H25N3O4.